The Balaban J connectivity index is 2.86. The quantitative estimate of drug-likeness (QED) is 0.832. The molecule has 0 heterocycles. The predicted octanol–water partition coefficient (Wildman–Crippen LogP) is 3.74. The van der Waals surface area contributed by atoms with Gasteiger partial charge in [-0.05, 0) is 31.9 Å². The maximum absolute atomic E-state index is 9.29. The van der Waals surface area contributed by atoms with E-state index >= 15 is 0 Å². The summed E-state index contributed by atoms with van der Waals surface area (Å²) < 4.78 is 0. The SMILES string of the molecule is CCC(C)C(C)(C#N)Nc1ccc(C)cc1. The van der Waals surface area contributed by atoms with Crippen LogP contribution < -0.4 is 5.32 Å². The molecule has 0 radical (unpaired) electrons. The second-order valence-electron chi connectivity index (χ2n) is 4.61. The van der Waals surface area contributed by atoms with Crippen molar-refractivity contribution in [3.63, 3.8) is 0 Å². The first-order chi connectivity index (χ1) is 7.51. The zero-order chi connectivity index (χ0) is 12.2. The van der Waals surface area contributed by atoms with Crippen molar-refractivity contribution < 1.29 is 0 Å². The molecule has 0 amide bonds. The van der Waals surface area contributed by atoms with Gasteiger partial charge in [0, 0.05) is 5.69 Å². The lowest BCUT2D eigenvalue weighted by molar-refractivity contribution is 0.415. The molecule has 1 N–H and O–H groups in total. The van der Waals surface area contributed by atoms with Crippen LogP contribution in [-0.2, 0) is 0 Å². The molecule has 0 aliphatic carbocycles. The van der Waals surface area contributed by atoms with Gasteiger partial charge in [-0.25, -0.2) is 0 Å². The standard InChI is InChI=1S/C14H20N2/c1-5-12(3)14(4,10-15)16-13-8-6-11(2)7-9-13/h6-9,12,16H,5H2,1-4H3. The van der Waals surface area contributed by atoms with E-state index in [9.17, 15) is 5.26 Å². The molecule has 2 heteroatoms. The number of nitrogens with zero attached hydrogens (tertiary/aromatic N) is 1. The average molecular weight is 216 g/mol. The Bertz CT molecular complexity index is 375. The van der Waals surface area contributed by atoms with Crippen LogP contribution in [0.2, 0.25) is 0 Å². The lowest BCUT2D eigenvalue weighted by Gasteiger charge is -2.30. The van der Waals surface area contributed by atoms with Gasteiger partial charge in [-0.2, -0.15) is 5.26 Å². The fourth-order valence-electron chi connectivity index (χ4n) is 1.61. The van der Waals surface area contributed by atoms with E-state index in [0.717, 1.165) is 12.1 Å². The van der Waals surface area contributed by atoms with Crippen molar-refractivity contribution >= 4 is 5.69 Å². The molecular formula is C14H20N2. The first-order valence-corrected chi connectivity index (χ1v) is 5.78. The molecule has 1 rings (SSSR count). The highest BCUT2D eigenvalue weighted by Crippen LogP contribution is 2.24. The van der Waals surface area contributed by atoms with Crippen molar-refractivity contribution in [2.45, 2.75) is 39.7 Å². The van der Waals surface area contributed by atoms with Crippen LogP contribution in [0.1, 0.15) is 32.8 Å². The molecule has 1 aromatic rings. The minimum Gasteiger partial charge on any atom is -0.367 e. The second kappa shape index (κ2) is 5.03. The number of hydrogen-bond donors (Lipinski definition) is 1. The third kappa shape index (κ3) is 2.76. The Kier molecular flexibility index (Phi) is 3.95. The molecule has 0 aliphatic rings. The third-order valence-corrected chi connectivity index (χ3v) is 3.29. The zero-order valence-corrected chi connectivity index (χ0v) is 10.5. The molecule has 0 fully saturated rings. The van der Waals surface area contributed by atoms with Crippen molar-refractivity contribution in [2.24, 2.45) is 5.92 Å². The van der Waals surface area contributed by atoms with E-state index < -0.39 is 5.54 Å². The summed E-state index contributed by atoms with van der Waals surface area (Å²) in [6, 6.07) is 10.5. The normalized spacial score (nSPS) is 15.9. The van der Waals surface area contributed by atoms with Crippen LogP contribution in [0.15, 0.2) is 24.3 Å². The molecule has 0 aromatic heterocycles. The van der Waals surface area contributed by atoms with E-state index in [4.69, 9.17) is 0 Å². The van der Waals surface area contributed by atoms with Crippen LogP contribution in [-0.4, -0.2) is 5.54 Å². The Labute approximate surface area is 98.3 Å². The largest absolute Gasteiger partial charge is 0.367 e. The highest BCUT2D eigenvalue weighted by molar-refractivity contribution is 5.48. The molecule has 0 saturated carbocycles. The maximum Gasteiger partial charge on any atom is 0.125 e. The van der Waals surface area contributed by atoms with Crippen LogP contribution in [0.25, 0.3) is 0 Å². The Morgan fingerprint density at radius 3 is 2.38 bits per heavy atom. The number of rotatable bonds is 4. The molecule has 2 nitrogen and oxygen atoms in total. The topological polar surface area (TPSA) is 35.8 Å². The molecule has 86 valence electrons. The smallest absolute Gasteiger partial charge is 0.125 e. The highest BCUT2D eigenvalue weighted by atomic mass is 15.0. The van der Waals surface area contributed by atoms with Crippen molar-refractivity contribution in [2.75, 3.05) is 5.32 Å². The first kappa shape index (κ1) is 12.6. The third-order valence-electron chi connectivity index (χ3n) is 3.29. The van der Waals surface area contributed by atoms with Gasteiger partial charge >= 0.3 is 0 Å². The van der Waals surface area contributed by atoms with E-state index in [2.05, 4.69) is 44.3 Å². The number of anilines is 1. The van der Waals surface area contributed by atoms with E-state index in [1.807, 2.05) is 19.1 Å². The van der Waals surface area contributed by atoms with Crippen LogP contribution >= 0.6 is 0 Å². The predicted molar refractivity (Wildman–Crippen MR) is 68.3 cm³/mol. The summed E-state index contributed by atoms with van der Waals surface area (Å²) >= 11 is 0. The van der Waals surface area contributed by atoms with E-state index in [-0.39, 0.29) is 0 Å². The molecule has 0 bridgehead atoms. The summed E-state index contributed by atoms with van der Waals surface area (Å²) in [5, 5.41) is 12.6. The van der Waals surface area contributed by atoms with Crippen LogP contribution in [0.3, 0.4) is 0 Å². The minimum absolute atomic E-state index is 0.318. The van der Waals surface area contributed by atoms with Gasteiger partial charge in [0.1, 0.15) is 5.54 Å². The average Bonchev–Trinajstić information content (AvgIpc) is 2.31. The second-order valence-corrected chi connectivity index (χ2v) is 4.61. The lowest BCUT2D eigenvalue weighted by Crippen LogP contribution is -2.39. The lowest BCUT2D eigenvalue weighted by atomic mass is 9.86. The fourth-order valence-corrected chi connectivity index (χ4v) is 1.61. The number of nitrogens with one attached hydrogen (secondary N) is 1. The van der Waals surface area contributed by atoms with Gasteiger partial charge < -0.3 is 5.32 Å². The number of nitriles is 1. The summed E-state index contributed by atoms with van der Waals surface area (Å²) in [4.78, 5) is 0. The Morgan fingerprint density at radius 2 is 1.94 bits per heavy atom. The fraction of sp³-hybridized carbons (Fsp3) is 0.500. The summed E-state index contributed by atoms with van der Waals surface area (Å²) in [6.45, 7) is 8.23. The molecule has 16 heavy (non-hydrogen) atoms. The molecule has 1 aromatic carbocycles. The Hall–Kier alpha value is -1.49. The van der Waals surface area contributed by atoms with Gasteiger partial charge in [-0.1, -0.05) is 38.0 Å². The monoisotopic (exact) mass is 216 g/mol. The van der Waals surface area contributed by atoms with Gasteiger partial charge in [0.25, 0.3) is 0 Å². The maximum atomic E-state index is 9.29. The van der Waals surface area contributed by atoms with E-state index in [0.29, 0.717) is 5.92 Å². The van der Waals surface area contributed by atoms with Gasteiger partial charge in [0.15, 0.2) is 0 Å². The summed E-state index contributed by atoms with van der Waals surface area (Å²) in [5.74, 6) is 0.318. The molecule has 0 saturated heterocycles. The highest BCUT2D eigenvalue weighted by Gasteiger charge is 2.29. The van der Waals surface area contributed by atoms with Crippen molar-refractivity contribution in [1.82, 2.24) is 0 Å². The number of aryl methyl sites for hydroxylation is 1. The van der Waals surface area contributed by atoms with Crippen LogP contribution in [0, 0.1) is 24.2 Å². The van der Waals surface area contributed by atoms with Crippen molar-refractivity contribution in [3.05, 3.63) is 29.8 Å². The molecular weight excluding hydrogens is 196 g/mol. The van der Waals surface area contributed by atoms with Gasteiger partial charge in [0.2, 0.25) is 0 Å². The zero-order valence-electron chi connectivity index (χ0n) is 10.5. The summed E-state index contributed by atoms with van der Waals surface area (Å²) in [5.41, 5.74) is 1.74. The van der Waals surface area contributed by atoms with Crippen molar-refractivity contribution in [1.29, 1.82) is 5.26 Å². The molecule has 0 aliphatic heterocycles. The van der Waals surface area contributed by atoms with E-state index in [1.54, 1.807) is 0 Å². The van der Waals surface area contributed by atoms with Gasteiger partial charge in [0.05, 0.1) is 6.07 Å². The first-order valence-electron chi connectivity index (χ1n) is 5.78. The Morgan fingerprint density at radius 1 is 1.38 bits per heavy atom. The van der Waals surface area contributed by atoms with Gasteiger partial charge in [-0.3, -0.25) is 0 Å². The van der Waals surface area contributed by atoms with Crippen LogP contribution in [0.4, 0.5) is 5.69 Å². The van der Waals surface area contributed by atoms with Crippen molar-refractivity contribution in [3.8, 4) is 6.07 Å². The number of hydrogen-bond acceptors (Lipinski definition) is 2. The summed E-state index contributed by atoms with van der Waals surface area (Å²) in [7, 11) is 0. The molecule has 0 spiro atoms. The van der Waals surface area contributed by atoms with Gasteiger partial charge in [-0.15, -0.1) is 0 Å². The molecule has 2 atom stereocenters. The van der Waals surface area contributed by atoms with Crippen LogP contribution in [0.5, 0.6) is 0 Å². The minimum atomic E-state index is -0.496. The molecule has 2 unspecified atom stereocenters. The number of benzene rings is 1. The van der Waals surface area contributed by atoms with E-state index in [1.165, 1.54) is 5.56 Å². The summed E-state index contributed by atoms with van der Waals surface area (Å²) in [6.07, 6.45) is 0.989.